The highest BCUT2D eigenvalue weighted by molar-refractivity contribution is 5.29. The van der Waals surface area contributed by atoms with Crippen LogP contribution in [0.15, 0.2) is 30.5 Å². The molecule has 0 radical (unpaired) electrons. The Bertz CT molecular complexity index is 682. The average Bonchev–Trinajstić information content (AvgIpc) is 2.92. The molecule has 0 fully saturated rings. The highest BCUT2D eigenvalue weighted by atomic mass is 16.3. The van der Waals surface area contributed by atoms with E-state index in [-0.39, 0.29) is 12.1 Å². The van der Waals surface area contributed by atoms with Crippen LogP contribution in [-0.2, 0) is 20.0 Å². The molecule has 0 bridgehead atoms. The van der Waals surface area contributed by atoms with Crippen LogP contribution in [0, 0.1) is 6.92 Å². The number of benzene rings is 1. The number of aliphatic hydroxyl groups is 1. The molecule has 2 heterocycles. The van der Waals surface area contributed by atoms with Crippen LogP contribution in [0.1, 0.15) is 35.3 Å². The van der Waals surface area contributed by atoms with E-state index >= 15 is 0 Å². The van der Waals surface area contributed by atoms with Crippen LogP contribution in [0.2, 0.25) is 0 Å². The Morgan fingerprint density at radius 2 is 2.04 bits per heavy atom. The summed E-state index contributed by atoms with van der Waals surface area (Å²) in [6.45, 7) is 7.44. The van der Waals surface area contributed by atoms with E-state index in [0.717, 1.165) is 25.2 Å². The molecule has 5 nitrogen and oxygen atoms in total. The van der Waals surface area contributed by atoms with E-state index in [2.05, 4.69) is 53.4 Å². The minimum absolute atomic E-state index is 0.190. The fourth-order valence-corrected chi connectivity index (χ4v) is 3.44. The number of aromatic nitrogens is 2. The molecule has 130 valence electrons. The molecule has 2 atom stereocenters. The molecule has 1 aromatic carbocycles. The van der Waals surface area contributed by atoms with Gasteiger partial charge in [-0.1, -0.05) is 24.3 Å². The predicted octanol–water partition coefficient (Wildman–Crippen LogP) is 1.80. The zero-order valence-electron chi connectivity index (χ0n) is 14.9. The monoisotopic (exact) mass is 328 g/mol. The lowest BCUT2D eigenvalue weighted by Gasteiger charge is -2.30. The van der Waals surface area contributed by atoms with Gasteiger partial charge in [0.1, 0.15) is 0 Å². The molecule has 0 spiro atoms. The molecule has 1 aliphatic rings. The van der Waals surface area contributed by atoms with Gasteiger partial charge in [0, 0.05) is 50.5 Å². The number of aryl methyl sites for hydroxylation is 1. The van der Waals surface area contributed by atoms with Crippen LogP contribution in [-0.4, -0.2) is 45.5 Å². The van der Waals surface area contributed by atoms with Crippen LogP contribution < -0.4 is 5.32 Å². The highest BCUT2D eigenvalue weighted by Crippen LogP contribution is 2.19. The molecule has 0 aliphatic carbocycles. The zero-order chi connectivity index (χ0) is 17.1. The summed E-state index contributed by atoms with van der Waals surface area (Å²) in [6.07, 6.45) is 2.61. The van der Waals surface area contributed by atoms with Gasteiger partial charge in [-0.2, -0.15) is 5.10 Å². The van der Waals surface area contributed by atoms with Gasteiger partial charge in [-0.3, -0.25) is 9.58 Å². The molecular formula is C19H28N4O. The Labute approximate surface area is 144 Å². The van der Waals surface area contributed by atoms with Crippen molar-refractivity contribution in [3.8, 4) is 0 Å². The normalized spacial score (nSPS) is 17.5. The molecule has 0 saturated carbocycles. The summed E-state index contributed by atoms with van der Waals surface area (Å²) in [5.74, 6) is 0. The van der Waals surface area contributed by atoms with Crippen LogP contribution in [0.4, 0.5) is 0 Å². The van der Waals surface area contributed by atoms with Gasteiger partial charge >= 0.3 is 0 Å². The second-order valence-electron chi connectivity index (χ2n) is 6.85. The Kier molecular flexibility index (Phi) is 5.33. The first-order valence-corrected chi connectivity index (χ1v) is 8.73. The summed E-state index contributed by atoms with van der Waals surface area (Å²) in [4.78, 5) is 2.34. The molecule has 24 heavy (non-hydrogen) atoms. The zero-order valence-corrected chi connectivity index (χ0v) is 14.9. The SMILES string of the molecule is Cc1c(C(C)NCC(O)CN2CCc3ccccc3C2)cnn1C. The maximum atomic E-state index is 10.4. The topological polar surface area (TPSA) is 53.3 Å². The summed E-state index contributed by atoms with van der Waals surface area (Å²) in [6, 6.07) is 8.80. The quantitative estimate of drug-likeness (QED) is 0.849. The van der Waals surface area contributed by atoms with Crippen molar-refractivity contribution in [3.05, 3.63) is 52.8 Å². The van der Waals surface area contributed by atoms with Crippen molar-refractivity contribution in [3.63, 3.8) is 0 Å². The number of aliphatic hydroxyl groups excluding tert-OH is 1. The third kappa shape index (κ3) is 3.86. The minimum atomic E-state index is -0.366. The van der Waals surface area contributed by atoms with Crippen molar-refractivity contribution >= 4 is 0 Å². The molecule has 2 aromatic rings. The maximum absolute atomic E-state index is 10.4. The summed E-state index contributed by atoms with van der Waals surface area (Å²) >= 11 is 0. The lowest BCUT2D eigenvalue weighted by molar-refractivity contribution is 0.102. The molecule has 3 rings (SSSR count). The molecule has 1 aromatic heterocycles. The van der Waals surface area contributed by atoms with E-state index in [1.807, 2.05) is 17.9 Å². The van der Waals surface area contributed by atoms with Gasteiger partial charge in [-0.05, 0) is 31.4 Å². The number of fused-ring (bicyclic) bond motifs is 1. The minimum Gasteiger partial charge on any atom is -0.390 e. The van der Waals surface area contributed by atoms with Crippen molar-refractivity contribution in [1.82, 2.24) is 20.0 Å². The second kappa shape index (κ2) is 7.47. The average molecular weight is 328 g/mol. The number of nitrogens with one attached hydrogen (secondary N) is 1. The van der Waals surface area contributed by atoms with Crippen molar-refractivity contribution in [2.75, 3.05) is 19.6 Å². The van der Waals surface area contributed by atoms with Crippen LogP contribution in [0.5, 0.6) is 0 Å². The van der Waals surface area contributed by atoms with E-state index < -0.39 is 0 Å². The first kappa shape index (κ1) is 17.1. The Morgan fingerprint density at radius 3 is 2.75 bits per heavy atom. The van der Waals surface area contributed by atoms with Crippen molar-refractivity contribution in [2.24, 2.45) is 7.05 Å². The summed E-state index contributed by atoms with van der Waals surface area (Å²) in [5.41, 5.74) is 5.19. The van der Waals surface area contributed by atoms with E-state index in [9.17, 15) is 5.11 Å². The van der Waals surface area contributed by atoms with Crippen molar-refractivity contribution < 1.29 is 5.11 Å². The number of rotatable bonds is 6. The lowest BCUT2D eigenvalue weighted by atomic mass is 10.00. The molecule has 2 N–H and O–H groups in total. The first-order chi connectivity index (χ1) is 11.5. The van der Waals surface area contributed by atoms with E-state index in [0.29, 0.717) is 13.1 Å². The maximum Gasteiger partial charge on any atom is 0.0791 e. The fraction of sp³-hybridized carbons (Fsp3) is 0.526. The van der Waals surface area contributed by atoms with E-state index in [1.165, 1.54) is 16.7 Å². The molecule has 1 aliphatic heterocycles. The predicted molar refractivity (Wildman–Crippen MR) is 95.8 cm³/mol. The lowest BCUT2D eigenvalue weighted by Crippen LogP contribution is -2.41. The fourth-order valence-electron chi connectivity index (χ4n) is 3.44. The number of β-amino-alcohol motifs (C(OH)–C–C–N with tert-alkyl or cyclic N) is 1. The summed E-state index contributed by atoms with van der Waals surface area (Å²) in [5, 5.41) is 18.1. The van der Waals surface area contributed by atoms with Gasteiger partial charge in [-0.15, -0.1) is 0 Å². The third-order valence-electron chi connectivity index (χ3n) is 5.08. The van der Waals surface area contributed by atoms with Crippen LogP contribution in [0.3, 0.4) is 0 Å². The number of nitrogens with zero attached hydrogens (tertiary/aromatic N) is 3. The highest BCUT2D eigenvalue weighted by Gasteiger charge is 2.19. The standard InChI is InChI=1S/C19H28N4O/c1-14(19-11-21-22(3)15(19)2)20-10-18(24)13-23-9-8-16-6-4-5-7-17(16)12-23/h4-7,11,14,18,20,24H,8-10,12-13H2,1-3H3. The Morgan fingerprint density at radius 1 is 1.29 bits per heavy atom. The summed E-state index contributed by atoms with van der Waals surface area (Å²) < 4.78 is 1.88. The summed E-state index contributed by atoms with van der Waals surface area (Å²) in [7, 11) is 1.95. The molecular weight excluding hydrogens is 300 g/mol. The number of hydrogen-bond acceptors (Lipinski definition) is 4. The van der Waals surface area contributed by atoms with Crippen LogP contribution >= 0.6 is 0 Å². The largest absolute Gasteiger partial charge is 0.390 e. The van der Waals surface area contributed by atoms with Gasteiger partial charge in [0.25, 0.3) is 0 Å². The van der Waals surface area contributed by atoms with E-state index in [4.69, 9.17) is 0 Å². The third-order valence-corrected chi connectivity index (χ3v) is 5.08. The molecule has 0 amide bonds. The van der Waals surface area contributed by atoms with Gasteiger partial charge < -0.3 is 10.4 Å². The molecule has 5 heteroatoms. The first-order valence-electron chi connectivity index (χ1n) is 8.73. The molecule has 0 saturated heterocycles. The van der Waals surface area contributed by atoms with Crippen LogP contribution in [0.25, 0.3) is 0 Å². The van der Waals surface area contributed by atoms with Crippen molar-refractivity contribution in [2.45, 2.75) is 39.0 Å². The smallest absolute Gasteiger partial charge is 0.0791 e. The Balaban J connectivity index is 1.48. The van der Waals surface area contributed by atoms with Gasteiger partial charge in [0.05, 0.1) is 12.3 Å². The van der Waals surface area contributed by atoms with E-state index in [1.54, 1.807) is 0 Å². The van der Waals surface area contributed by atoms with Gasteiger partial charge in [0.15, 0.2) is 0 Å². The Hall–Kier alpha value is -1.69. The second-order valence-corrected chi connectivity index (χ2v) is 6.85. The van der Waals surface area contributed by atoms with Gasteiger partial charge in [0.2, 0.25) is 0 Å². The van der Waals surface area contributed by atoms with Gasteiger partial charge in [-0.25, -0.2) is 0 Å². The van der Waals surface area contributed by atoms with Crippen molar-refractivity contribution in [1.29, 1.82) is 0 Å². The molecule has 2 unspecified atom stereocenters. The number of hydrogen-bond donors (Lipinski definition) is 2.